The molecule has 0 bridgehead atoms. The summed E-state index contributed by atoms with van der Waals surface area (Å²) in [5, 5.41) is 10.1. The van der Waals surface area contributed by atoms with Gasteiger partial charge in [0, 0.05) is 4.43 Å². The Hall–Kier alpha value is 0.430. The summed E-state index contributed by atoms with van der Waals surface area (Å²) in [5.74, 6) is 4.59. The van der Waals surface area contributed by atoms with Crippen molar-refractivity contribution in [3.63, 3.8) is 0 Å². The Kier molecular flexibility index (Phi) is 4.64. The van der Waals surface area contributed by atoms with Gasteiger partial charge in [-0.3, -0.25) is 0 Å². The standard InChI is InChI=1S/C22H35IO/c1-14(13-23)18-6-7-19-17-5-4-15-12-16(24)8-10-21(15,2)20(17)9-11-22(18,19)3/h4,14,16-20,24H,5-13H2,1-3H3/t14?,16-,17-,18+,19-,20-,21-,22+/m0/s1. The van der Waals surface area contributed by atoms with E-state index in [1.807, 2.05) is 0 Å². The second kappa shape index (κ2) is 6.25. The van der Waals surface area contributed by atoms with Crippen molar-refractivity contribution in [3.8, 4) is 0 Å². The van der Waals surface area contributed by atoms with Crippen molar-refractivity contribution in [3.05, 3.63) is 11.6 Å². The van der Waals surface area contributed by atoms with E-state index in [0.29, 0.717) is 10.8 Å². The summed E-state index contributed by atoms with van der Waals surface area (Å²) in [6.45, 7) is 7.70. The molecule has 3 fully saturated rings. The van der Waals surface area contributed by atoms with Gasteiger partial charge in [-0.1, -0.05) is 55.0 Å². The van der Waals surface area contributed by atoms with E-state index in [2.05, 4.69) is 49.4 Å². The zero-order chi connectivity index (χ0) is 17.1. The molecular formula is C22H35IO. The maximum atomic E-state index is 10.1. The minimum Gasteiger partial charge on any atom is -0.393 e. The molecular weight excluding hydrogens is 407 g/mol. The Labute approximate surface area is 162 Å². The first-order chi connectivity index (χ1) is 11.4. The second-order valence-corrected chi connectivity index (χ2v) is 10.9. The monoisotopic (exact) mass is 442 g/mol. The van der Waals surface area contributed by atoms with Gasteiger partial charge in [0.1, 0.15) is 0 Å². The summed E-state index contributed by atoms with van der Waals surface area (Å²) < 4.78 is 1.32. The van der Waals surface area contributed by atoms with E-state index < -0.39 is 0 Å². The Balaban J connectivity index is 1.63. The summed E-state index contributed by atoms with van der Waals surface area (Å²) >= 11 is 2.61. The average molecular weight is 442 g/mol. The van der Waals surface area contributed by atoms with Crippen LogP contribution in [0.2, 0.25) is 0 Å². The second-order valence-electron chi connectivity index (χ2n) is 10.0. The number of halogens is 1. The quantitative estimate of drug-likeness (QED) is 0.316. The number of alkyl halides is 1. The van der Waals surface area contributed by atoms with Gasteiger partial charge in [-0.25, -0.2) is 0 Å². The van der Waals surface area contributed by atoms with Crippen LogP contribution in [0, 0.1) is 40.4 Å². The highest BCUT2D eigenvalue weighted by Crippen LogP contribution is 2.67. The fourth-order valence-electron chi connectivity index (χ4n) is 7.72. The smallest absolute Gasteiger partial charge is 0.0577 e. The van der Waals surface area contributed by atoms with Crippen molar-refractivity contribution in [2.75, 3.05) is 4.43 Å². The van der Waals surface area contributed by atoms with Crippen LogP contribution in [0.3, 0.4) is 0 Å². The molecule has 4 aliphatic carbocycles. The van der Waals surface area contributed by atoms with E-state index in [-0.39, 0.29) is 6.10 Å². The third-order valence-electron chi connectivity index (χ3n) is 9.08. The van der Waals surface area contributed by atoms with Gasteiger partial charge in [0.05, 0.1) is 6.10 Å². The molecule has 0 amide bonds. The molecule has 0 radical (unpaired) electrons. The van der Waals surface area contributed by atoms with Crippen LogP contribution < -0.4 is 0 Å². The molecule has 0 aromatic heterocycles. The number of rotatable bonds is 2. The number of hydrogen-bond donors (Lipinski definition) is 1. The van der Waals surface area contributed by atoms with E-state index >= 15 is 0 Å². The average Bonchev–Trinajstić information content (AvgIpc) is 2.92. The molecule has 0 spiro atoms. The van der Waals surface area contributed by atoms with Crippen molar-refractivity contribution >= 4 is 22.6 Å². The van der Waals surface area contributed by atoms with Gasteiger partial charge in [0.15, 0.2) is 0 Å². The van der Waals surface area contributed by atoms with E-state index in [9.17, 15) is 5.11 Å². The molecule has 2 heteroatoms. The van der Waals surface area contributed by atoms with Crippen molar-refractivity contribution in [2.45, 2.75) is 78.2 Å². The zero-order valence-corrected chi connectivity index (χ0v) is 17.9. The molecule has 4 rings (SSSR count). The van der Waals surface area contributed by atoms with Crippen molar-refractivity contribution < 1.29 is 5.11 Å². The van der Waals surface area contributed by atoms with Gasteiger partial charge in [-0.2, -0.15) is 0 Å². The van der Waals surface area contributed by atoms with Gasteiger partial charge in [0.2, 0.25) is 0 Å². The highest BCUT2D eigenvalue weighted by molar-refractivity contribution is 14.1. The van der Waals surface area contributed by atoms with Crippen molar-refractivity contribution in [1.82, 2.24) is 0 Å². The lowest BCUT2D eigenvalue weighted by Crippen LogP contribution is -2.50. The van der Waals surface area contributed by atoms with Crippen LogP contribution in [0.25, 0.3) is 0 Å². The topological polar surface area (TPSA) is 20.2 Å². The van der Waals surface area contributed by atoms with Crippen LogP contribution in [-0.2, 0) is 0 Å². The van der Waals surface area contributed by atoms with Crippen LogP contribution in [-0.4, -0.2) is 15.6 Å². The number of aliphatic hydroxyl groups excluding tert-OH is 1. The van der Waals surface area contributed by atoms with E-state index in [0.717, 1.165) is 42.4 Å². The van der Waals surface area contributed by atoms with Gasteiger partial charge in [-0.05, 0) is 91.8 Å². The van der Waals surface area contributed by atoms with Crippen molar-refractivity contribution in [1.29, 1.82) is 0 Å². The Bertz CT molecular complexity index is 528. The maximum Gasteiger partial charge on any atom is 0.0577 e. The van der Waals surface area contributed by atoms with Crippen LogP contribution in [0.1, 0.15) is 72.1 Å². The Morgan fingerprint density at radius 2 is 1.96 bits per heavy atom. The Morgan fingerprint density at radius 3 is 2.71 bits per heavy atom. The first-order valence-electron chi connectivity index (χ1n) is 10.3. The minimum atomic E-state index is -0.0740. The van der Waals surface area contributed by atoms with Crippen LogP contribution in [0.15, 0.2) is 11.6 Å². The first kappa shape index (κ1) is 17.8. The molecule has 1 nitrogen and oxygen atoms in total. The fraction of sp³-hybridized carbons (Fsp3) is 0.909. The molecule has 4 aliphatic rings. The summed E-state index contributed by atoms with van der Waals surface area (Å²) in [4.78, 5) is 0. The summed E-state index contributed by atoms with van der Waals surface area (Å²) in [7, 11) is 0. The molecule has 0 aromatic rings. The molecule has 0 heterocycles. The van der Waals surface area contributed by atoms with Gasteiger partial charge >= 0.3 is 0 Å². The number of aliphatic hydroxyl groups is 1. The normalized spacial score (nSPS) is 52.0. The summed E-state index contributed by atoms with van der Waals surface area (Å²) in [6, 6.07) is 0. The molecule has 1 unspecified atom stereocenters. The van der Waals surface area contributed by atoms with E-state index in [1.165, 1.54) is 43.0 Å². The maximum absolute atomic E-state index is 10.1. The highest BCUT2D eigenvalue weighted by Gasteiger charge is 2.58. The summed E-state index contributed by atoms with van der Waals surface area (Å²) in [6.07, 6.45) is 12.8. The predicted octanol–water partition coefficient (Wildman–Crippen LogP) is 6.00. The lowest BCUT2D eigenvalue weighted by atomic mass is 9.47. The molecule has 24 heavy (non-hydrogen) atoms. The largest absolute Gasteiger partial charge is 0.393 e. The number of allylic oxidation sites excluding steroid dienone is 1. The molecule has 136 valence electrons. The lowest BCUT2D eigenvalue weighted by molar-refractivity contribution is -0.0551. The third-order valence-corrected chi connectivity index (χ3v) is 10.5. The molecule has 8 atom stereocenters. The SMILES string of the molecule is CC(CI)[C@H]1CC[C@H]2[C@@H]3CC=C4C[C@@H](O)CC[C@]4(C)[C@H]3CC[C@]12C. The van der Waals surface area contributed by atoms with Gasteiger partial charge < -0.3 is 5.11 Å². The Morgan fingerprint density at radius 1 is 1.17 bits per heavy atom. The number of fused-ring (bicyclic) bond motifs is 5. The highest BCUT2D eigenvalue weighted by atomic mass is 127. The van der Waals surface area contributed by atoms with Gasteiger partial charge in [-0.15, -0.1) is 0 Å². The molecule has 0 aromatic carbocycles. The van der Waals surface area contributed by atoms with Crippen molar-refractivity contribution in [2.24, 2.45) is 40.4 Å². The lowest BCUT2D eigenvalue weighted by Gasteiger charge is -2.58. The minimum absolute atomic E-state index is 0.0740. The van der Waals surface area contributed by atoms with Gasteiger partial charge in [0.25, 0.3) is 0 Å². The molecule has 3 saturated carbocycles. The van der Waals surface area contributed by atoms with E-state index in [1.54, 1.807) is 5.57 Å². The zero-order valence-electron chi connectivity index (χ0n) is 15.7. The summed E-state index contributed by atoms with van der Waals surface area (Å²) in [5.41, 5.74) is 2.61. The fourth-order valence-corrected chi connectivity index (χ4v) is 8.34. The predicted molar refractivity (Wildman–Crippen MR) is 109 cm³/mol. The third kappa shape index (κ3) is 2.48. The molecule has 1 N–H and O–H groups in total. The van der Waals surface area contributed by atoms with E-state index in [4.69, 9.17) is 0 Å². The first-order valence-corrected chi connectivity index (χ1v) is 11.9. The van der Waals surface area contributed by atoms with Crippen LogP contribution >= 0.6 is 22.6 Å². The molecule has 0 saturated heterocycles. The van der Waals surface area contributed by atoms with Crippen LogP contribution in [0.4, 0.5) is 0 Å². The molecule has 0 aliphatic heterocycles. The number of hydrogen-bond acceptors (Lipinski definition) is 1. The van der Waals surface area contributed by atoms with Crippen LogP contribution in [0.5, 0.6) is 0 Å².